The average molecular weight is 406 g/mol. The van der Waals surface area contributed by atoms with Crippen molar-refractivity contribution in [3.8, 4) is 11.4 Å². The van der Waals surface area contributed by atoms with Crippen LogP contribution in [0.2, 0.25) is 0 Å². The highest BCUT2D eigenvalue weighted by Gasteiger charge is 2.38. The van der Waals surface area contributed by atoms with Crippen molar-refractivity contribution in [2.24, 2.45) is 7.05 Å². The van der Waals surface area contributed by atoms with Gasteiger partial charge in [0.05, 0.1) is 22.2 Å². The Morgan fingerprint density at radius 3 is 2.17 bits per heavy atom. The van der Waals surface area contributed by atoms with Crippen molar-refractivity contribution in [3.63, 3.8) is 0 Å². The summed E-state index contributed by atoms with van der Waals surface area (Å²) in [6.45, 7) is 0. The summed E-state index contributed by atoms with van der Waals surface area (Å²) in [5.74, 6) is -2.58. The molecule has 0 unspecified atom stereocenters. The van der Waals surface area contributed by atoms with Crippen LogP contribution in [0.15, 0.2) is 54.1 Å². The third-order valence-electron chi connectivity index (χ3n) is 4.96. The van der Waals surface area contributed by atoms with E-state index in [2.05, 4.69) is 4.98 Å². The van der Waals surface area contributed by atoms with Crippen molar-refractivity contribution in [1.29, 1.82) is 0 Å². The lowest BCUT2D eigenvalue weighted by Crippen LogP contribution is -2.00. The summed E-state index contributed by atoms with van der Waals surface area (Å²) in [6.07, 6.45) is 1.39. The number of carbonyl (C=O) groups excluding carboxylic acids is 2. The second kappa shape index (κ2) is 6.28. The molecule has 2 heterocycles. The Labute approximate surface area is 167 Å². The molecule has 4 aromatic rings. The van der Waals surface area contributed by atoms with Gasteiger partial charge in [0.15, 0.2) is 0 Å². The first kappa shape index (κ1) is 17.6. The van der Waals surface area contributed by atoms with E-state index in [1.54, 1.807) is 0 Å². The molecule has 2 aromatic carbocycles. The van der Waals surface area contributed by atoms with Crippen LogP contribution in [0.3, 0.4) is 0 Å². The number of Topliss-reactive ketones (excluding diaryl/α,β-unsaturated/α-hetero) is 2. The summed E-state index contributed by atoms with van der Waals surface area (Å²) in [6, 6.07) is 13.2. The number of imidazole rings is 1. The molecule has 0 saturated carbocycles. The molecule has 0 radical (unpaired) electrons. The minimum Gasteiger partial charge on any atom is -0.326 e. The molecule has 0 saturated heterocycles. The van der Waals surface area contributed by atoms with Crippen LogP contribution in [-0.2, 0) is 7.05 Å². The number of aryl methyl sites for hydroxylation is 1. The molecule has 0 atom stereocenters. The average Bonchev–Trinajstić information content (AvgIpc) is 3.33. The zero-order valence-electron chi connectivity index (χ0n) is 15.1. The number of nitrogens with zero attached hydrogens (tertiary/aromatic N) is 2. The van der Waals surface area contributed by atoms with Gasteiger partial charge in [0.1, 0.15) is 22.3 Å². The maximum Gasteiger partial charge on any atom is 0.200 e. The molecule has 142 valence electrons. The van der Waals surface area contributed by atoms with Crippen LogP contribution in [0.25, 0.3) is 27.8 Å². The van der Waals surface area contributed by atoms with E-state index < -0.39 is 34.3 Å². The molecule has 2 aromatic heterocycles. The van der Waals surface area contributed by atoms with E-state index in [-0.39, 0.29) is 5.57 Å². The maximum absolute atomic E-state index is 14.0. The zero-order chi connectivity index (χ0) is 20.3. The van der Waals surface area contributed by atoms with Crippen LogP contribution >= 0.6 is 11.3 Å². The van der Waals surface area contributed by atoms with Gasteiger partial charge in [-0.3, -0.25) is 9.59 Å². The van der Waals surface area contributed by atoms with Gasteiger partial charge in [-0.05, 0) is 24.3 Å². The predicted octanol–water partition coefficient (Wildman–Crippen LogP) is 5.04. The summed E-state index contributed by atoms with van der Waals surface area (Å²) < 4.78 is 29.9. The summed E-state index contributed by atoms with van der Waals surface area (Å²) in [7, 11) is 1.88. The molecule has 0 amide bonds. The number of benzene rings is 2. The van der Waals surface area contributed by atoms with Gasteiger partial charge in [0.25, 0.3) is 0 Å². The lowest BCUT2D eigenvalue weighted by Gasteiger charge is -2.01. The second-order valence-electron chi connectivity index (χ2n) is 6.70. The highest BCUT2D eigenvalue weighted by molar-refractivity contribution is 7.19. The predicted molar refractivity (Wildman–Crippen MR) is 107 cm³/mol. The zero-order valence-corrected chi connectivity index (χ0v) is 15.9. The number of thiophene rings is 1. The van der Waals surface area contributed by atoms with Crippen LogP contribution in [0.5, 0.6) is 0 Å². The van der Waals surface area contributed by atoms with Gasteiger partial charge in [-0.1, -0.05) is 30.3 Å². The van der Waals surface area contributed by atoms with Gasteiger partial charge >= 0.3 is 0 Å². The molecule has 0 bridgehead atoms. The lowest BCUT2D eigenvalue weighted by molar-refractivity contribution is 0.0989. The fourth-order valence-electron chi connectivity index (χ4n) is 3.55. The second-order valence-corrected chi connectivity index (χ2v) is 7.76. The van der Waals surface area contributed by atoms with Crippen LogP contribution in [-0.4, -0.2) is 21.1 Å². The van der Waals surface area contributed by atoms with Crippen LogP contribution in [0, 0.1) is 11.6 Å². The lowest BCUT2D eigenvalue weighted by atomic mass is 10.1. The smallest absolute Gasteiger partial charge is 0.200 e. The van der Waals surface area contributed by atoms with Crippen molar-refractivity contribution >= 4 is 39.3 Å². The van der Waals surface area contributed by atoms with E-state index in [4.69, 9.17) is 0 Å². The first-order valence-corrected chi connectivity index (χ1v) is 9.58. The van der Waals surface area contributed by atoms with E-state index in [1.165, 1.54) is 17.4 Å². The third-order valence-corrected chi connectivity index (χ3v) is 5.93. The van der Waals surface area contributed by atoms with Gasteiger partial charge in [-0.25, -0.2) is 13.8 Å². The number of fused-ring (bicyclic) bond motifs is 2. The van der Waals surface area contributed by atoms with Gasteiger partial charge in [0.2, 0.25) is 11.6 Å². The van der Waals surface area contributed by atoms with E-state index in [0.29, 0.717) is 4.88 Å². The number of hydrogen-bond donors (Lipinski definition) is 0. The molecular formula is C22H12F2N2O2S. The van der Waals surface area contributed by atoms with Crippen molar-refractivity contribution in [2.45, 2.75) is 0 Å². The van der Waals surface area contributed by atoms with Gasteiger partial charge in [-0.2, -0.15) is 0 Å². The van der Waals surface area contributed by atoms with Gasteiger partial charge in [0, 0.05) is 17.5 Å². The molecular weight excluding hydrogens is 394 g/mol. The first-order chi connectivity index (χ1) is 14.0. The fourth-order valence-corrected chi connectivity index (χ4v) is 4.56. The molecule has 0 N–H and O–H groups in total. The van der Waals surface area contributed by atoms with Crippen molar-refractivity contribution < 1.29 is 18.4 Å². The minimum absolute atomic E-state index is 0.237. The summed E-state index contributed by atoms with van der Waals surface area (Å²) in [5.41, 5.74) is 0.590. The van der Waals surface area contributed by atoms with Crippen molar-refractivity contribution in [1.82, 2.24) is 9.55 Å². The largest absolute Gasteiger partial charge is 0.326 e. The Morgan fingerprint density at radius 2 is 1.59 bits per heavy atom. The Bertz CT molecular complexity index is 1320. The Kier molecular flexibility index (Phi) is 3.82. The molecule has 7 heteroatoms. The summed E-state index contributed by atoms with van der Waals surface area (Å²) in [5, 5.41) is 0. The first-order valence-electron chi connectivity index (χ1n) is 8.76. The van der Waals surface area contributed by atoms with Crippen LogP contribution < -0.4 is 0 Å². The van der Waals surface area contributed by atoms with Crippen LogP contribution in [0.1, 0.15) is 25.6 Å². The fraction of sp³-hybridized carbons (Fsp3) is 0.0455. The molecule has 0 aliphatic heterocycles. The number of rotatable bonds is 2. The summed E-state index contributed by atoms with van der Waals surface area (Å²) >= 11 is 1.30. The summed E-state index contributed by atoms with van der Waals surface area (Å²) in [4.78, 5) is 31.1. The van der Waals surface area contributed by atoms with Crippen molar-refractivity contribution in [3.05, 3.63) is 81.7 Å². The molecule has 29 heavy (non-hydrogen) atoms. The SMILES string of the molecule is Cn1c(-c2ccccc2)nc2sc(C=C3C(=O)c4c(F)ccc(F)c4C3=O)cc21. The Morgan fingerprint density at radius 1 is 0.966 bits per heavy atom. The molecule has 1 aliphatic carbocycles. The Balaban J connectivity index is 1.58. The number of hydrogen-bond acceptors (Lipinski definition) is 4. The molecule has 4 nitrogen and oxygen atoms in total. The van der Waals surface area contributed by atoms with E-state index in [1.807, 2.05) is 48.0 Å². The van der Waals surface area contributed by atoms with E-state index in [0.717, 1.165) is 33.9 Å². The standard InChI is InChI=1S/C22H12F2N2O2S/c1-26-16-10-12(29-22(16)25-21(26)11-5-3-2-4-6-11)9-13-19(27)17-14(23)7-8-15(24)18(17)20(13)28/h2-10H,1H3. The number of ketones is 2. The minimum atomic E-state index is -0.895. The quantitative estimate of drug-likeness (QED) is 0.346. The molecule has 0 spiro atoms. The number of carbonyl (C=O) groups is 2. The van der Waals surface area contributed by atoms with Gasteiger partial charge < -0.3 is 4.57 Å². The van der Waals surface area contributed by atoms with Crippen LogP contribution in [0.4, 0.5) is 8.78 Å². The number of allylic oxidation sites excluding steroid dienone is 1. The van der Waals surface area contributed by atoms with E-state index >= 15 is 0 Å². The Hall–Kier alpha value is -3.45. The molecule has 1 aliphatic rings. The monoisotopic (exact) mass is 406 g/mol. The molecule has 0 fully saturated rings. The highest BCUT2D eigenvalue weighted by Crippen LogP contribution is 2.35. The molecule has 5 rings (SSSR count). The van der Waals surface area contributed by atoms with Crippen molar-refractivity contribution in [2.75, 3.05) is 0 Å². The topological polar surface area (TPSA) is 52.0 Å². The maximum atomic E-state index is 14.0. The highest BCUT2D eigenvalue weighted by atomic mass is 32.1. The van der Waals surface area contributed by atoms with Gasteiger partial charge in [-0.15, -0.1) is 11.3 Å². The normalized spacial score (nSPS) is 13.4. The van der Waals surface area contributed by atoms with E-state index in [9.17, 15) is 18.4 Å². The third kappa shape index (κ3) is 2.58. The number of halogens is 2. The number of aromatic nitrogens is 2.